The average molecular weight is 483 g/mol. The van der Waals surface area contributed by atoms with Crippen molar-refractivity contribution in [1.29, 1.82) is 0 Å². The van der Waals surface area contributed by atoms with Crippen molar-refractivity contribution in [2.24, 2.45) is 5.92 Å². The molecule has 33 heavy (non-hydrogen) atoms. The van der Waals surface area contributed by atoms with Gasteiger partial charge in [-0.05, 0) is 79.9 Å². The Morgan fingerprint density at radius 1 is 1.03 bits per heavy atom. The molecule has 0 unspecified atom stereocenters. The van der Waals surface area contributed by atoms with Crippen LogP contribution < -0.4 is 0 Å². The predicted octanol–water partition coefficient (Wildman–Crippen LogP) is 6.20. The molecular formula is C23H23F5N4S. The third-order valence-corrected chi connectivity index (χ3v) is 7.10. The van der Waals surface area contributed by atoms with Crippen LogP contribution in [-0.2, 0) is 19.1 Å². The van der Waals surface area contributed by atoms with Gasteiger partial charge in [0.15, 0.2) is 5.65 Å². The predicted molar refractivity (Wildman–Crippen MR) is 115 cm³/mol. The maximum Gasteiger partial charge on any atom is 0.420 e. The summed E-state index contributed by atoms with van der Waals surface area (Å²) in [5.41, 5.74) is -0.156. The van der Waals surface area contributed by atoms with Crippen molar-refractivity contribution in [1.82, 2.24) is 19.5 Å². The molecule has 0 bridgehead atoms. The highest BCUT2D eigenvalue weighted by Gasteiger charge is 2.38. The van der Waals surface area contributed by atoms with Crippen molar-refractivity contribution in [3.63, 3.8) is 0 Å². The van der Waals surface area contributed by atoms with E-state index in [0.717, 1.165) is 12.8 Å². The van der Waals surface area contributed by atoms with Crippen LogP contribution in [0.15, 0.2) is 35.4 Å². The van der Waals surface area contributed by atoms with Gasteiger partial charge in [0, 0.05) is 24.1 Å². The molecule has 1 aromatic carbocycles. The van der Waals surface area contributed by atoms with E-state index in [1.54, 1.807) is 18.3 Å². The maximum atomic E-state index is 14.3. The Morgan fingerprint density at radius 3 is 2.42 bits per heavy atom. The Bertz CT molecular complexity index is 1150. The zero-order valence-corrected chi connectivity index (χ0v) is 18.6. The van der Waals surface area contributed by atoms with Gasteiger partial charge in [-0.3, -0.25) is 9.30 Å². The van der Waals surface area contributed by atoms with Gasteiger partial charge in [0.2, 0.25) is 0 Å². The van der Waals surface area contributed by atoms with Crippen molar-refractivity contribution in [2.45, 2.75) is 55.6 Å². The number of alkyl halides is 3. The molecule has 0 atom stereocenters. The smallest absolute Gasteiger partial charge is 0.299 e. The summed E-state index contributed by atoms with van der Waals surface area (Å²) in [4.78, 5) is 2.18. The number of pyridine rings is 1. The fourth-order valence-electron chi connectivity index (χ4n) is 4.73. The van der Waals surface area contributed by atoms with E-state index in [1.807, 2.05) is 4.90 Å². The Morgan fingerprint density at radius 2 is 1.79 bits per heavy atom. The number of aromatic nitrogens is 3. The van der Waals surface area contributed by atoms with Crippen LogP contribution in [0.1, 0.15) is 54.1 Å². The summed E-state index contributed by atoms with van der Waals surface area (Å²) in [7, 11) is 0. The van der Waals surface area contributed by atoms with Gasteiger partial charge in [0.05, 0.1) is 12.1 Å². The summed E-state index contributed by atoms with van der Waals surface area (Å²) >= 11 is -0.000233. The fraction of sp³-hybridized carbons (Fsp3) is 0.478. The summed E-state index contributed by atoms with van der Waals surface area (Å²) < 4.78 is 70.6. The second-order valence-electron chi connectivity index (χ2n) is 8.98. The number of likely N-dealkylation sites (tertiary alicyclic amines) is 1. The van der Waals surface area contributed by atoms with Crippen LogP contribution in [0.4, 0.5) is 21.4 Å². The highest BCUT2D eigenvalue weighted by molar-refractivity contribution is 7.94. The molecule has 0 N–H and O–H groups in total. The van der Waals surface area contributed by atoms with E-state index in [2.05, 4.69) is 10.2 Å². The monoisotopic (exact) mass is 482 g/mol. The second kappa shape index (κ2) is 8.87. The van der Waals surface area contributed by atoms with Crippen LogP contribution in [0.5, 0.6) is 0 Å². The van der Waals surface area contributed by atoms with Crippen molar-refractivity contribution in [3.05, 3.63) is 58.8 Å². The molecule has 2 aromatic heterocycles. The highest BCUT2D eigenvalue weighted by atomic mass is 32.2. The molecule has 5 rings (SSSR count). The molecule has 1 saturated carbocycles. The first-order valence-electron chi connectivity index (χ1n) is 11.1. The molecule has 3 aromatic rings. The van der Waals surface area contributed by atoms with Gasteiger partial charge in [-0.25, -0.2) is 4.39 Å². The van der Waals surface area contributed by atoms with Crippen LogP contribution in [0.25, 0.3) is 5.65 Å². The van der Waals surface area contributed by atoms with E-state index in [1.165, 1.54) is 16.5 Å². The van der Waals surface area contributed by atoms with E-state index in [9.17, 15) is 21.4 Å². The normalized spacial score (nSPS) is 18.3. The fourth-order valence-corrected chi connectivity index (χ4v) is 5.00. The van der Waals surface area contributed by atoms with Crippen molar-refractivity contribution in [3.8, 4) is 0 Å². The third kappa shape index (κ3) is 4.73. The van der Waals surface area contributed by atoms with Gasteiger partial charge in [0.25, 0.3) is 0 Å². The van der Waals surface area contributed by atoms with Gasteiger partial charge in [-0.15, -0.1) is 10.2 Å². The largest absolute Gasteiger partial charge is 0.420 e. The molecule has 1 aliphatic carbocycles. The number of halogens is 5. The third-order valence-electron chi connectivity index (χ3n) is 6.67. The lowest BCUT2D eigenvalue weighted by Gasteiger charge is -2.33. The van der Waals surface area contributed by atoms with Crippen molar-refractivity contribution >= 4 is 17.8 Å². The summed E-state index contributed by atoms with van der Waals surface area (Å²) in [6, 6.07) is 5.87. The van der Waals surface area contributed by atoms with Crippen LogP contribution in [0.2, 0.25) is 0 Å². The van der Waals surface area contributed by atoms with Crippen molar-refractivity contribution in [2.75, 3.05) is 13.1 Å². The first kappa shape index (κ1) is 22.6. The quantitative estimate of drug-likeness (QED) is 0.392. The summed E-state index contributed by atoms with van der Waals surface area (Å²) in [6.07, 6.45) is 1.16. The van der Waals surface area contributed by atoms with Crippen LogP contribution >= 0.6 is 12.1 Å². The molecule has 0 spiro atoms. The Hall–Kier alpha value is -2.20. The summed E-state index contributed by atoms with van der Waals surface area (Å²) in [5.74, 6) is 0.592. The minimum atomic E-state index is -4.54. The van der Waals surface area contributed by atoms with Crippen LogP contribution in [0.3, 0.4) is 0 Å². The number of rotatable bonds is 6. The minimum absolute atomic E-state index is 0.000233. The average Bonchev–Trinajstić information content (AvgIpc) is 3.52. The lowest BCUT2D eigenvalue weighted by atomic mass is 9.89. The Labute approximate surface area is 192 Å². The van der Waals surface area contributed by atoms with E-state index < -0.39 is 17.6 Å². The first-order chi connectivity index (χ1) is 15.8. The molecule has 2 fully saturated rings. The number of benzene rings is 1. The van der Waals surface area contributed by atoms with Gasteiger partial charge >= 0.3 is 6.18 Å². The number of nitrogens with zero attached hydrogens (tertiary/aromatic N) is 4. The van der Waals surface area contributed by atoms with E-state index in [-0.39, 0.29) is 40.7 Å². The number of hydrogen-bond acceptors (Lipinski definition) is 4. The molecule has 0 amide bonds. The standard InChI is InChI=1S/C23H23F5N4S/c24-19-12-17(33-28)3-4-18(19)15-5-8-31(9-6-15)13-16-7-10-32-20(11-14-1-2-14)29-30-22(32)21(16)23(25,26)27/h3-4,7,10,12,14-15H,1-2,5-6,8-9,11,13H2. The molecule has 176 valence electrons. The zero-order valence-electron chi connectivity index (χ0n) is 17.8. The van der Waals surface area contributed by atoms with Gasteiger partial charge < -0.3 is 0 Å². The first-order valence-corrected chi connectivity index (χ1v) is 11.8. The summed E-state index contributed by atoms with van der Waals surface area (Å²) in [5, 5.41) is 7.94. The van der Waals surface area contributed by atoms with E-state index in [0.29, 0.717) is 49.7 Å². The second-order valence-corrected chi connectivity index (χ2v) is 9.61. The maximum absolute atomic E-state index is 14.3. The van der Waals surface area contributed by atoms with Crippen LogP contribution in [0, 0.1) is 11.7 Å². The number of hydrogen-bond donors (Lipinski definition) is 0. The molecule has 10 heteroatoms. The minimum Gasteiger partial charge on any atom is -0.299 e. The van der Waals surface area contributed by atoms with Crippen molar-refractivity contribution < 1.29 is 21.4 Å². The molecular weight excluding hydrogens is 459 g/mol. The van der Waals surface area contributed by atoms with E-state index in [4.69, 9.17) is 0 Å². The molecule has 2 aliphatic rings. The lowest BCUT2D eigenvalue weighted by Crippen LogP contribution is -2.33. The number of piperidine rings is 1. The van der Waals surface area contributed by atoms with Gasteiger partial charge in [-0.2, -0.15) is 17.1 Å². The molecule has 3 heterocycles. The van der Waals surface area contributed by atoms with Crippen LogP contribution in [-0.4, -0.2) is 32.6 Å². The molecule has 4 nitrogen and oxygen atoms in total. The SMILES string of the molecule is FSc1ccc(C2CCN(Cc3ccn4c(CC5CC5)nnc4c3C(F)(F)F)CC2)c(F)c1. The van der Waals surface area contributed by atoms with Gasteiger partial charge in [0.1, 0.15) is 17.2 Å². The zero-order chi connectivity index (χ0) is 23.2. The summed E-state index contributed by atoms with van der Waals surface area (Å²) in [6.45, 7) is 1.24. The van der Waals surface area contributed by atoms with Gasteiger partial charge in [-0.1, -0.05) is 6.07 Å². The Balaban J connectivity index is 1.33. The lowest BCUT2D eigenvalue weighted by molar-refractivity contribution is -0.137. The Kier molecular flexibility index (Phi) is 6.07. The molecule has 1 aliphatic heterocycles. The number of fused-ring (bicyclic) bond motifs is 1. The van der Waals surface area contributed by atoms with E-state index >= 15 is 0 Å². The topological polar surface area (TPSA) is 33.4 Å². The molecule has 0 radical (unpaired) electrons. The highest BCUT2D eigenvalue weighted by Crippen LogP contribution is 2.38. The molecule has 1 saturated heterocycles.